The number of fused-ring (bicyclic) bond motifs is 3. The average Bonchev–Trinajstić information content (AvgIpc) is 3.10. The van der Waals surface area contributed by atoms with Gasteiger partial charge < -0.3 is 5.11 Å². The lowest BCUT2D eigenvalue weighted by Crippen LogP contribution is -2.33. The van der Waals surface area contributed by atoms with Crippen LogP contribution in [0.4, 0.5) is 0 Å². The van der Waals surface area contributed by atoms with Gasteiger partial charge in [-0.05, 0) is 62.8 Å². The van der Waals surface area contributed by atoms with E-state index in [-0.39, 0.29) is 17.3 Å². The summed E-state index contributed by atoms with van der Waals surface area (Å²) in [6.07, 6.45) is 1.64. The Morgan fingerprint density at radius 1 is 0.743 bits per heavy atom. The zero-order valence-electron chi connectivity index (χ0n) is 20.7. The maximum atomic E-state index is 12.1. The number of rotatable bonds is 6. The van der Waals surface area contributed by atoms with E-state index in [1.807, 2.05) is 0 Å². The number of carbonyl (C=O) groups is 1. The van der Waals surface area contributed by atoms with Crippen LogP contribution >= 0.6 is 0 Å². The minimum absolute atomic E-state index is 0.0199. The highest BCUT2D eigenvalue weighted by atomic mass is 16.4. The molecular weight excluding hydrogens is 428 g/mol. The standard InChI is InChI=1S/C33H32O2/c1-32(2,3)28-19-18-25(20-29(34)35)31-30(28)26-16-10-11-17-27(26)33(31,21-23-12-6-4-7-13-23)22-24-14-8-5-9-15-24/h4-19H,20-22H2,1-3H3,(H,34,35). The molecule has 0 unspecified atom stereocenters. The highest BCUT2D eigenvalue weighted by Crippen LogP contribution is 2.56. The molecule has 1 N–H and O–H groups in total. The second kappa shape index (κ2) is 8.85. The van der Waals surface area contributed by atoms with Crippen LogP contribution in [0.2, 0.25) is 0 Å². The summed E-state index contributed by atoms with van der Waals surface area (Å²) in [6, 6.07) is 34.2. The molecule has 35 heavy (non-hydrogen) atoms. The molecule has 0 amide bonds. The van der Waals surface area contributed by atoms with Crippen LogP contribution in [0.5, 0.6) is 0 Å². The monoisotopic (exact) mass is 460 g/mol. The van der Waals surface area contributed by atoms with Crippen LogP contribution in [0.3, 0.4) is 0 Å². The Kier molecular flexibility index (Phi) is 5.84. The zero-order chi connectivity index (χ0) is 24.6. The van der Waals surface area contributed by atoms with Crippen molar-refractivity contribution in [1.29, 1.82) is 0 Å². The van der Waals surface area contributed by atoms with Gasteiger partial charge in [0.05, 0.1) is 6.42 Å². The van der Waals surface area contributed by atoms with E-state index < -0.39 is 5.97 Å². The van der Waals surface area contributed by atoms with Gasteiger partial charge in [0.15, 0.2) is 0 Å². The Bertz CT molecular complexity index is 1320. The zero-order valence-corrected chi connectivity index (χ0v) is 20.7. The van der Waals surface area contributed by atoms with E-state index in [2.05, 4.69) is 118 Å². The van der Waals surface area contributed by atoms with Gasteiger partial charge in [0.1, 0.15) is 0 Å². The first-order valence-corrected chi connectivity index (χ1v) is 12.4. The van der Waals surface area contributed by atoms with Crippen molar-refractivity contribution in [3.05, 3.63) is 130 Å². The molecule has 1 aliphatic rings. The van der Waals surface area contributed by atoms with Crippen LogP contribution in [-0.2, 0) is 34.9 Å². The summed E-state index contributed by atoms with van der Waals surface area (Å²) in [5.41, 5.74) is 9.25. The van der Waals surface area contributed by atoms with Crippen molar-refractivity contribution in [3.8, 4) is 11.1 Å². The smallest absolute Gasteiger partial charge is 0.307 e. The molecular formula is C33H32O2. The van der Waals surface area contributed by atoms with Crippen molar-refractivity contribution < 1.29 is 9.90 Å². The summed E-state index contributed by atoms with van der Waals surface area (Å²) in [4.78, 5) is 12.1. The Hall–Kier alpha value is -3.65. The summed E-state index contributed by atoms with van der Waals surface area (Å²) in [7, 11) is 0. The van der Waals surface area contributed by atoms with Crippen molar-refractivity contribution in [1.82, 2.24) is 0 Å². The third-order valence-corrected chi connectivity index (χ3v) is 7.33. The van der Waals surface area contributed by atoms with Crippen LogP contribution in [0.25, 0.3) is 11.1 Å². The van der Waals surface area contributed by atoms with E-state index in [9.17, 15) is 9.90 Å². The van der Waals surface area contributed by atoms with Gasteiger partial charge in [0.2, 0.25) is 0 Å². The van der Waals surface area contributed by atoms with Crippen molar-refractivity contribution in [2.24, 2.45) is 0 Å². The van der Waals surface area contributed by atoms with Gasteiger partial charge in [0.25, 0.3) is 0 Å². The number of benzene rings is 4. The molecule has 0 saturated heterocycles. The summed E-state index contributed by atoms with van der Waals surface area (Å²) in [5.74, 6) is -0.792. The molecule has 176 valence electrons. The molecule has 0 radical (unpaired) electrons. The summed E-state index contributed by atoms with van der Waals surface area (Å²) >= 11 is 0. The van der Waals surface area contributed by atoms with E-state index in [0.29, 0.717) is 0 Å². The third kappa shape index (κ3) is 4.18. The highest BCUT2D eigenvalue weighted by Gasteiger charge is 2.46. The number of hydrogen-bond donors (Lipinski definition) is 1. The van der Waals surface area contributed by atoms with Crippen molar-refractivity contribution in [2.45, 2.75) is 50.9 Å². The van der Waals surface area contributed by atoms with Gasteiger partial charge in [0, 0.05) is 5.41 Å². The molecule has 0 aromatic heterocycles. The molecule has 2 heteroatoms. The number of carboxylic acids is 1. The third-order valence-electron chi connectivity index (χ3n) is 7.33. The second-order valence-corrected chi connectivity index (χ2v) is 10.8. The maximum absolute atomic E-state index is 12.1. The van der Waals surface area contributed by atoms with Crippen LogP contribution in [-0.4, -0.2) is 11.1 Å². The molecule has 2 nitrogen and oxygen atoms in total. The lowest BCUT2D eigenvalue weighted by Gasteiger charge is -2.35. The minimum Gasteiger partial charge on any atom is -0.481 e. The summed E-state index contributed by atoms with van der Waals surface area (Å²) in [5, 5.41) is 9.89. The van der Waals surface area contributed by atoms with E-state index >= 15 is 0 Å². The SMILES string of the molecule is CC(C)(C)c1ccc(CC(=O)O)c2c1-c1ccccc1C2(Cc1ccccc1)Cc1ccccc1. The first kappa shape index (κ1) is 23.1. The lowest BCUT2D eigenvalue weighted by molar-refractivity contribution is -0.136. The molecule has 5 rings (SSSR count). The molecule has 0 heterocycles. The number of carboxylic acid groups (broad SMARTS) is 1. The number of hydrogen-bond acceptors (Lipinski definition) is 1. The van der Waals surface area contributed by atoms with Crippen LogP contribution in [0.1, 0.15) is 54.2 Å². The van der Waals surface area contributed by atoms with Crippen LogP contribution < -0.4 is 0 Å². The minimum atomic E-state index is -0.792. The van der Waals surface area contributed by atoms with Crippen molar-refractivity contribution in [2.75, 3.05) is 0 Å². The lowest BCUT2D eigenvalue weighted by atomic mass is 9.67. The van der Waals surface area contributed by atoms with Crippen molar-refractivity contribution in [3.63, 3.8) is 0 Å². The molecule has 0 fully saturated rings. The fraction of sp³-hybridized carbons (Fsp3) is 0.242. The highest BCUT2D eigenvalue weighted by molar-refractivity contribution is 5.87. The van der Waals surface area contributed by atoms with Gasteiger partial charge >= 0.3 is 5.97 Å². The Balaban J connectivity index is 1.88. The van der Waals surface area contributed by atoms with Crippen LogP contribution in [0, 0.1) is 0 Å². The number of aliphatic carboxylic acids is 1. The van der Waals surface area contributed by atoms with Gasteiger partial charge in [-0.1, -0.05) is 118 Å². The molecule has 0 spiro atoms. The molecule has 0 aliphatic heterocycles. The van der Waals surface area contributed by atoms with E-state index in [1.165, 1.54) is 38.9 Å². The summed E-state index contributed by atoms with van der Waals surface area (Å²) in [6.45, 7) is 6.74. The maximum Gasteiger partial charge on any atom is 0.307 e. The fourth-order valence-electron chi connectivity index (χ4n) is 5.98. The first-order valence-electron chi connectivity index (χ1n) is 12.4. The Morgan fingerprint density at radius 3 is 1.83 bits per heavy atom. The topological polar surface area (TPSA) is 37.3 Å². The first-order chi connectivity index (χ1) is 16.8. The van der Waals surface area contributed by atoms with Gasteiger partial charge in [-0.15, -0.1) is 0 Å². The van der Waals surface area contributed by atoms with E-state index in [4.69, 9.17) is 0 Å². The quantitative estimate of drug-likeness (QED) is 0.326. The van der Waals surface area contributed by atoms with Gasteiger partial charge in [-0.25, -0.2) is 0 Å². The van der Waals surface area contributed by atoms with E-state index in [1.54, 1.807) is 0 Å². The van der Waals surface area contributed by atoms with Crippen LogP contribution in [0.15, 0.2) is 97.1 Å². The van der Waals surface area contributed by atoms with Gasteiger partial charge in [-0.2, -0.15) is 0 Å². The molecule has 4 aromatic carbocycles. The predicted octanol–water partition coefficient (Wildman–Crippen LogP) is 7.36. The Morgan fingerprint density at radius 2 is 1.29 bits per heavy atom. The fourth-order valence-corrected chi connectivity index (χ4v) is 5.98. The molecule has 4 aromatic rings. The molecule has 0 atom stereocenters. The Labute approximate surface area is 208 Å². The van der Waals surface area contributed by atoms with E-state index in [0.717, 1.165) is 18.4 Å². The van der Waals surface area contributed by atoms with Gasteiger partial charge in [-0.3, -0.25) is 4.79 Å². The summed E-state index contributed by atoms with van der Waals surface area (Å²) < 4.78 is 0. The normalized spacial score (nSPS) is 13.8. The molecule has 1 aliphatic carbocycles. The second-order valence-electron chi connectivity index (χ2n) is 10.8. The average molecular weight is 461 g/mol. The van der Waals surface area contributed by atoms with Crippen molar-refractivity contribution >= 4 is 5.97 Å². The largest absolute Gasteiger partial charge is 0.481 e. The molecule has 0 bridgehead atoms. The predicted molar refractivity (Wildman–Crippen MR) is 143 cm³/mol. The molecule has 0 saturated carbocycles.